The molecular weight excluding hydrogens is 336 g/mol. The second kappa shape index (κ2) is 6.16. The van der Waals surface area contributed by atoms with Gasteiger partial charge in [0.1, 0.15) is 0 Å². The number of carboxylic acid groups (broad SMARTS) is 1. The second-order valence-electron chi connectivity index (χ2n) is 7.05. The number of rotatable bonds is 2. The Morgan fingerprint density at radius 2 is 1.67 bits per heavy atom. The van der Waals surface area contributed by atoms with Gasteiger partial charge in [0.25, 0.3) is 0 Å². The number of aromatic nitrogens is 2. The van der Waals surface area contributed by atoms with Crippen molar-refractivity contribution in [2.75, 3.05) is 0 Å². The largest absolute Gasteiger partial charge is 0.477 e. The smallest absolute Gasteiger partial charge is 0.354 e. The molecule has 0 fully saturated rings. The van der Waals surface area contributed by atoms with E-state index in [9.17, 15) is 9.90 Å². The molecule has 0 aliphatic heterocycles. The highest BCUT2D eigenvalue weighted by molar-refractivity contribution is 6.14. The Morgan fingerprint density at radius 1 is 0.889 bits per heavy atom. The van der Waals surface area contributed by atoms with Gasteiger partial charge in [-0.3, -0.25) is 0 Å². The molecule has 1 N–H and O–H groups in total. The lowest BCUT2D eigenvalue weighted by atomic mass is 9.85. The van der Waals surface area contributed by atoms with Crippen molar-refractivity contribution in [1.29, 1.82) is 0 Å². The number of carboxylic acids is 1. The first kappa shape index (κ1) is 15.9. The molecule has 0 amide bonds. The summed E-state index contributed by atoms with van der Waals surface area (Å²) in [5.41, 5.74) is 3.75. The van der Waals surface area contributed by atoms with Crippen molar-refractivity contribution in [3.63, 3.8) is 0 Å². The van der Waals surface area contributed by atoms with Crippen LogP contribution in [0, 0.1) is 0 Å². The van der Waals surface area contributed by atoms with Gasteiger partial charge in [-0.1, -0.05) is 36.4 Å². The average Bonchev–Trinajstić information content (AvgIpc) is 2.73. The van der Waals surface area contributed by atoms with Crippen LogP contribution in [0.1, 0.15) is 34.5 Å². The highest BCUT2D eigenvalue weighted by atomic mass is 16.4. The minimum atomic E-state index is -1.04. The van der Waals surface area contributed by atoms with Crippen LogP contribution in [0.25, 0.3) is 32.9 Å². The zero-order chi connectivity index (χ0) is 18.4. The van der Waals surface area contributed by atoms with E-state index < -0.39 is 5.97 Å². The van der Waals surface area contributed by atoms with Crippen LogP contribution in [0.2, 0.25) is 0 Å². The molecule has 0 saturated heterocycles. The van der Waals surface area contributed by atoms with Gasteiger partial charge in [0, 0.05) is 11.8 Å². The van der Waals surface area contributed by atoms with Crippen LogP contribution in [0.5, 0.6) is 0 Å². The Kier molecular flexibility index (Phi) is 3.64. The summed E-state index contributed by atoms with van der Waals surface area (Å²) >= 11 is 0. The fourth-order valence-corrected chi connectivity index (χ4v) is 4.22. The van der Waals surface area contributed by atoms with E-state index in [1.54, 1.807) is 0 Å². The SMILES string of the molecule is O=C(O)c1ccnc(-c2cc3c4c(ccc3c3ccccc23)CCCC4)n1. The van der Waals surface area contributed by atoms with E-state index in [-0.39, 0.29) is 5.69 Å². The van der Waals surface area contributed by atoms with Gasteiger partial charge in [0.2, 0.25) is 0 Å². The van der Waals surface area contributed by atoms with Crippen molar-refractivity contribution in [2.24, 2.45) is 0 Å². The van der Waals surface area contributed by atoms with E-state index in [4.69, 9.17) is 0 Å². The maximum atomic E-state index is 11.4. The van der Waals surface area contributed by atoms with Gasteiger partial charge >= 0.3 is 5.97 Å². The Hall–Kier alpha value is -3.27. The van der Waals surface area contributed by atoms with Crippen molar-refractivity contribution < 1.29 is 9.90 Å². The number of carbonyl (C=O) groups is 1. The Bertz CT molecular complexity index is 1210. The summed E-state index contributed by atoms with van der Waals surface area (Å²) in [5, 5.41) is 14.0. The Balaban J connectivity index is 1.88. The third-order valence-corrected chi connectivity index (χ3v) is 5.49. The average molecular weight is 354 g/mol. The third kappa shape index (κ3) is 2.56. The molecule has 0 unspecified atom stereocenters. The van der Waals surface area contributed by atoms with Gasteiger partial charge in [-0.2, -0.15) is 0 Å². The van der Waals surface area contributed by atoms with E-state index in [2.05, 4.69) is 40.3 Å². The molecule has 0 atom stereocenters. The van der Waals surface area contributed by atoms with Crippen LogP contribution in [0.15, 0.2) is 54.7 Å². The first-order valence-corrected chi connectivity index (χ1v) is 9.25. The monoisotopic (exact) mass is 354 g/mol. The first-order valence-electron chi connectivity index (χ1n) is 9.25. The lowest BCUT2D eigenvalue weighted by molar-refractivity contribution is 0.0690. The second-order valence-corrected chi connectivity index (χ2v) is 7.05. The number of fused-ring (bicyclic) bond motifs is 5. The van der Waals surface area contributed by atoms with Crippen LogP contribution in [0.3, 0.4) is 0 Å². The van der Waals surface area contributed by atoms with Crippen molar-refractivity contribution in [2.45, 2.75) is 25.7 Å². The zero-order valence-electron chi connectivity index (χ0n) is 14.8. The summed E-state index contributed by atoms with van der Waals surface area (Å²) in [5.74, 6) is -0.581. The molecule has 0 bridgehead atoms. The van der Waals surface area contributed by atoms with Crippen LogP contribution < -0.4 is 0 Å². The third-order valence-electron chi connectivity index (χ3n) is 5.49. The maximum Gasteiger partial charge on any atom is 0.354 e. The molecular formula is C23H18N2O2. The minimum absolute atomic E-state index is 0.0132. The molecule has 1 aromatic heterocycles. The number of aromatic carboxylic acids is 1. The van der Waals surface area contributed by atoms with Crippen molar-refractivity contribution in [3.8, 4) is 11.4 Å². The number of hydrogen-bond acceptors (Lipinski definition) is 3. The molecule has 0 spiro atoms. The molecule has 4 nitrogen and oxygen atoms in total. The summed E-state index contributed by atoms with van der Waals surface area (Å²) in [7, 11) is 0. The zero-order valence-corrected chi connectivity index (χ0v) is 14.8. The standard InChI is InChI=1S/C23H18N2O2/c26-23(27)21-11-12-24-22(25-21)20-13-19-15-6-2-1-5-14(15)9-10-18(19)16-7-3-4-8-17(16)20/h3-4,7-13H,1-2,5-6H2,(H,26,27). The predicted molar refractivity (Wildman–Crippen MR) is 106 cm³/mol. The quantitative estimate of drug-likeness (QED) is 0.513. The lowest BCUT2D eigenvalue weighted by Crippen LogP contribution is -2.04. The minimum Gasteiger partial charge on any atom is -0.477 e. The van der Waals surface area contributed by atoms with Crippen LogP contribution in [-0.4, -0.2) is 21.0 Å². The topological polar surface area (TPSA) is 63.1 Å². The van der Waals surface area contributed by atoms with Gasteiger partial charge < -0.3 is 5.11 Å². The van der Waals surface area contributed by atoms with Gasteiger partial charge in [0.05, 0.1) is 0 Å². The van der Waals surface area contributed by atoms with E-state index in [0.29, 0.717) is 5.82 Å². The van der Waals surface area contributed by atoms with Crippen molar-refractivity contribution in [3.05, 3.63) is 71.5 Å². The summed E-state index contributed by atoms with van der Waals surface area (Å²) in [4.78, 5) is 20.0. The van der Waals surface area contributed by atoms with Crippen LogP contribution >= 0.6 is 0 Å². The first-order chi connectivity index (χ1) is 13.2. The van der Waals surface area contributed by atoms with Gasteiger partial charge in [-0.05, 0) is 70.5 Å². The maximum absolute atomic E-state index is 11.4. The summed E-state index contributed by atoms with van der Waals surface area (Å²) in [6.07, 6.45) is 6.17. The van der Waals surface area contributed by atoms with E-state index >= 15 is 0 Å². The molecule has 5 rings (SSSR count). The van der Waals surface area contributed by atoms with Gasteiger partial charge in [-0.25, -0.2) is 14.8 Å². The van der Waals surface area contributed by atoms with E-state index in [1.807, 2.05) is 12.1 Å². The number of hydrogen-bond donors (Lipinski definition) is 1. The molecule has 4 aromatic rings. The number of benzene rings is 3. The Morgan fingerprint density at radius 3 is 2.52 bits per heavy atom. The van der Waals surface area contributed by atoms with Gasteiger partial charge in [-0.15, -0.1) is 0 Å². The fourth-order valence-electron chi connectivity index (χ4n) is 4.22. The molecule has 1 heterocycles. The summed E-state index contributed by atoms with van der Waals surface area (Å²) in [6, 6.07) is 16.3. The highest BCUT2D eigenvalue weighted by Crippen LogP contribution is 2.37. The summed E-state index contributed by atoms with van der Waals surface area (Å²) in [6.45, 7) is 0. The molecule has 27 heavy (non-hydrogen) atoms. The van der Waals surface area contributed by atoms with Gasteiger partial charge in [0.15, 0.2) is 11.5 Å². The lowest BCUT2D eigenvalue weighted by Gasteiger charge is -2.20. The predicted octanol–water partition coefficient (Wildman–Crippen LogP) is 5.03. The van der Waals surface area contributed by atoms with E-state index in [1.165, 1.54) is 47.0 Å². The molecule has 0 radical (unpaired) electrons. The van der Waals surface area contributed by atoms with E-state index in [0.717, 1.165) is 29.2 Å². The Labute approximate surface area is 156 Å². The molecule has 3 aromatic carbocycles. The fraction of sp³-hybridized carbons (Fsp3) is 0.174. The highest BCUT2D eigenvalue weighted by Gasteiger charge is 2.17. The number of nitrogens with zero attached hydrogens (tertiary/aromatic N) is 2. The normalized spacial score (nSPS) is 13.6. The summed E-state index contributed by atoms with van der Waals surface area (Å²) < 4.78 is 0. The van der Waals surface area contributed by atoms with Crippen LogP contribution in [0.4, 0.5) is 0 Å². The van der Waals surface area contributed by atoms with Crippen LogP contribution in [-0.2, 0) is 12.8 Å². The van der Waals surface area contributed by atoms with Crippen molar-refractivity contribution >= 4 is 27.5 Å². The molecule has 4 heteroatoms. The molecule has 1 aliphatic carbocycles. The molecule has 0 saturated carbocycles. The van der Waals surface area contributed by atoms with Crippen molar-refractivity contribution in [1.82, 2.24) is 9.97 Å². The molecule has 1 aliphatic rings. The molecule has 132 valence electrons. The number of aryl methyl sites for hydroxylation is 2.